The average molecular weight is 320 g/mol. The van der Waals surface area contributed by atoms with Gasteiger partial charge in [0.05, 0.1) is 18.1 Å². The van der Waals surface area contributed by atoms with E-state index in [1.54, 1.807) is 12.1 Å². The Morgan fingerprint density at radius 2 is 1.88 bits per heavy atom. The van der Waals surface area contributed by atoms with E-state index in [2.05, 4.69) is 23.2 Å². The molecule has 4 rings (SSSR count). The van der Waals surface area contributed by atoms with E-state index in [4.69, 9.17) is 11.2 Å². The van der Waals surface area contributed by atoms with Gasteiger partial charge in [-0.05, 0) is 30.4 Å². The van der Waals surface area contributed by atoms with Crippen LogP contribution in [0.5, 0.6) is 5.75 Å². The van der Waals surface area contributed by atoms with E-state index < -0.39 is 0 Å². The summed E-state index contributed by atoms with van der Waals surface area (Å²) >= 11 is 0. The highest BCUT2D eigenvalue weighted by Gasteiger charge is 2.59. The molecule has 0 aromatic heterocycles. The number of hydrazone groups is 1. The highest BCUT2D eigenvalue weighted by atomic mass is 16.5. The molecule has 4 atom stereocenters. The van der Waals surface area contributed by atoms with Gasteiger partial charge in [-0.15, -0.1) is 6.42 Å². The van der Waals surface area contributed by atoms with Crippen molar-refractivity contribution in [3.8, 4) is 18.1 Å². The number of nitrogens with zero attached hydrogens (tertiary/aromatic N) is 2. The lowest BCUT2D eigenvalue weighted by molar-refractivity contribution is -0.140. The third-order valence-corrected chi connectivity index (χ3v) is 4.99. The van der Waals surface area contributed by atoms with E-state index >= 15 is 0 Å². The Bertz CT molecular complexity index is 775. The van der Waals surface area contributed by atoms with Gasteiger partial charge in [0.15, 0.2) is 0 Å². The monoisotopic (exact) mass is 320 g/mol. The van der Waals surface area contributed by atoms with E-state index in [0.29, 0.717) is 11.3 Å². The molecule has 120 valence electrons. The third-order valence-electron chi connectivity index (χ3n) is 4.99. The molecule has 0 radical (unpaired) electrons. The highest BCUT2D eigenvalue weighted by Crippen LogP contribution is 2.52. The summed E-state index contributed by atoms with van der Waals surface area (Å²) < 4.78 is 5.45. The molecule has 24 heavy (non-hydrogen) atoms. The number of para-hydroxylation sites is 1. The summed E-state index contributed by atoms with van der Waals surface area (Å²) in [4.78, 5) is 25.1. The summed E-state index contributed by atoms with van der Waals surface area (Å²) in [6.07, 6.45) is 11.7. The first-order chi connectivity index (χ1) is 11.7. The van der Waals surface area contributed by atoms with Crippen LogP contribution in [0.25, 0.3) is 0 Å². The number of benzene rings is 1. The van der Waals surface area contributed by atoms with Gasteiger partial charge in [-0.25, -0.2) is 0 Å². The van der Waals surface area contributed by atoms with Gasteiger partial charge < -0.3 is 4.74 Å². The maximum atomic E-state index is 12.6. The van der Waals surface area contributed by atoms with Crippen LogP contribution in [0.1, 0.15) is 12.0 Å². The minimum absolute atomic E-state index is 0.144. The second-order valence-electron chi connectivity index (χ2n) is 6.26. The number of rotatable bonds is 4. The Hall–Kier alpha value is -2.87. The molecule has 0 unspecified atom stereocenters. The van der Waals surface area contributed by atoms with Crippen molar-refractivity contribution in [2.75, 3.05) is 6.61 Å². The van der Waals surface area contributed by atoms with Gasteiger partial charge in [0.2, 0.25) is 0 Å². The predicted molar refractivity (Wildman–Crippen MR) is 87.9 cm³/mol. The molecule has 5 nitrogen and oxygen atoms in total. The summed E-state index contributed by atoms with van der Waals surface area (Å²) in [5.74, 6) is 2.48. The van der Waals surface area contributed by atoms with E-state index in [1.165, 1.54) is 6.21 Å². The van der Waals surface area contributed by atoms with E-state index in [9.17, 15) is 9.59 Å². The lowest BCUT2D eigenvalue weighted by atomic mass is 9.85. The Morgan fingerprint density at radius 1 is 1.21 bits per heavy atom. The van der Waals surface area contributed by atoms with Gasteiger partial charge in [-0.3, -0.25) is 9.59 Å². The molecule has 5 heteroatoms. The van der Waals surface area contributed by atoms with Gasteiger partial charge in [-0.1, -0.05) is 30.2 Å². The first-order valence-corrected chi connectivity index (χ1v) is 7.96. The molecule has 2 amide bonds. The number of hydrogen-bond acceptors (Lipinski definition) is 4. The molecule has 1 aliphatic heterocycles. The van der Waals surface area contributed by atoms with E-state index in [-0.39, 0.29) is 42.1 Å². The van der Waals surface area contributed by atoms with Crippen LogP contribution in [0.2, 0.25) is 0 Å². The van der Waals surface area contributed by atoms with Crippen molar-refractivity contribution in [3.63, 3.8) is 0 Å². The Kier molecular flexibility index (Phi) is 3.46. The molecule has 1 saturated heterocycles. The van der Waals surface area contributed by atoms with Crippen LogP contribution in [-0.2, 0) is 9.59 Å². The second kappa shape index (κ2) is 5.64. The Morgan fingerprint density at radius 3 is 2.54 bits per heavy atom. The smallest absolute Gasteiger partial charge is 0.254 e. The van der Waals surface area contributed by atoms with Crippen molar-refractivity contribution in [1.82, 2.24) is 5.01 Å². The first kappa shape index (κ1) is 14.7. The minimum atomic E-state index is -0.238. The van der Waals surface area contributed by atoms with Crippen LogP contribution < -0.4 is 4.74 Å². The number of fused-ring (bicyclic) bond motifs is 5. The first-order valence-electron chi connectivity index (χ1n) is 7.96. The van der Waals surface area contributed by atoms with Crippen molar-refractivity contribution in [3.05, 3.63) is 42.0 Å². The van der Waals surface area contributed by atoms with Crippen molar-refractivity contribution < 1.29 is 14.3 Å². The van der Waals surface area contributed by atoms with Crippen LogP contribution in [0, 0.1) is 36.0 Å². The fourth-order valence-electron chi connectivity index (χ4n) is 3.96. The zero-order chi connectivity index (χ0) is 16.7. The normalized spacial score (nSPS) is 30.2. The van der Waals surface area contributed by atoms with E-state index in [0.717, 1.165) is 11.4 Å². The molecule has 0 spiro atoms. The van der Waals surface area contributed by atoms with Crippen molar-refractivity contribution in [2.24, 2.45) is 28.8 Å². The van der Waals surface area contributed by atoms with Gasteiger partial charge in [0.25, 0.3) is 11.8 Å². The van der Waals surface area contributed by atoms with Gasteiger partial charge in [-0.2, -0.15) is 10.1 Å². The number of imide groups is 1. The van der Waals surface area contributed by atoms with Gasteiger partial charge in [0.1, 0.15) is 12.4 Å². The van der Waals surface area contributed by atoms with Crippen LogP contribution in [-0.4, -0.2) is 29.6 Å². The molecule has 1 saturated carbocycles. The molecule has 1 aromatic carbocycles. The predicted octanol–water partition coefficient (Wildman–Crippen LogP) is 1.84. The topological polar surface area (TPSA) is 59.0 Å². The van der Waals surface area contributed by atoms with Crippen LogP contribution in [0.15, 0.2) is 41.5 Å². The van der Waals surface area contributed by atoms with Crippen molar-refractivity contribution in [1.29, 1.82) is 0 Å². The molecule has 3 aliphatic rings. The molecule has 1 aromatic rings. The summed E-state index contributed by atoms with van der Waals surface area (Å²) in [6, 6.07) is 7.22. The number of ether oxygens (including phenoxy) is 1. The number of carbonyl (C=O) groups is 2. The van der Waals surface area contributed by atoms with Crippen molar-refractivity contribution in [2.45, 2.75) is 6.42 Å². The van der Waals surface area contributed by atoms with Crippen molar-refractivity contribution >= 4 is 18.0 Å². The summed E-state index contributed by atoms with van der Waals surface area (Å²) in [5.41, 5.74) is 0.673. The van der Waals surface area contributed by atoms with Gasteiger partial charge in [0, 0.05) is 5.56 Å². The number of amides is 2. The number of hydrogen-bond donors (Lipinski definition) is 0. The molecule has 2 fully saturated rings. The number of terminal acetylenes is 1. The quantitative estimate of drug-likeness (QED) is 0.368. The number of carbonyl (C=O) groups excluding carboxylic acids is 2. The van der Waals surface area contributed by atoms with Gasteiger partial charge >= 0.3 is 0 Å². The van der Waals surface area contributed by atoms with Crippen LogP contribution in [0.4, 0.5) is 0 Å². The number of allylic oxidation sites excluding steroid dienone is 2. The van der Waals surface area contributed by atoms with Crippen LogP contribution in [0.3, 0.4) is 0 Å². The molecule has 1 heterocycles. The molecular formula is C19H16N2O3. The molecular weight excluding hydrogens is 304 g/mol. The Balaban J connectivity index is 1.57. The van der Waals surface area contributed by atoms with Crippen LogP contribution >= 0.6 is 0 Å². The lowest BCUT2D eigenvalue weighted by Gasteiger charge is -2.13. The SMILES string of the molecule is C#CCOc1ccccc1C=NN1C(=O)[C@@H]2[C@H](C1=O)[C@H]1C=C[C@H]2C1. The fourth-order valence-corrected chi connectivity index (χ4v) is 3.96. The zero-order valence-corrected chi connectivity index (χ0v) is 13.0. The molecule has 2 bridgehead atoms. The largest absolute Gasteiger partial charge is 0.480 e. The summed E-state index contributed by atoms with van der Waals surface area (Å²) in [7, 11) is 0. The highest BCUT2D eigenvalue weighted by molar-refractivity contribution is 6.06. The zero-order valence-electron chi connectivity index (χ0n) is 13.0. The fraction of sp³-hybridized carbons (Fsp3) is 0.316. The minimum Gasteiger partial charge on any atom is -0.480 e. The second-order valence-corrected chi connectivity index (χ2v) is 6.26. The molecule has 0 N–H and O–H groups in total. The standard InChI is InChI=1S/C19H16N2O3/c1-2-9-24-15-6-4-3-5-14(15)11-20-21-18(22)16-12-7-8-13(10-12)17(16)19(21)23/h1,3-8,11-13,16-17H,9-10H2/t12-,13-,16-,17+/m0/s1. The Labute approximate surface area is 140 Å². The summed E-state index contributed by atoms with van der Waals surface area (Å²) in [6.45, 7) is 0.144. The maximum absolute atomic E-state index is 12.6. The third kappa shape index (κ3) is 2.15. The van der Waals surface area contributed by atoms with E-state index in [1.807, 2.05) is 12.1 Å². The molecule has 2 aliphatic carbocycles. The summed E-state index contributed by atoms with van der Waals surface area (Å²) in [5, 5.41) is 5.18. The lowest BCUT2D eigenvalue weighted by Crippen LogP contribution is -2.28. The average Bonchev–Trinajstić information content (AvgIpc) is 3.27. The maximum Gasteiger partial charge on any atom is 0.254 e.